The van der Waals surface area contributed by atoms with Gasteiger partial charge in [-0.1, -0.05) is 60.7 Å². The van der Waals surface area contributed by atoms with Crippen LogP contribution in [0.25, 0.3) is 0 Å². The van der Waals surface area contributed by atoms with Crippen LogP contribution in [-0.4, -0.2) is 26.0 Å². The maximum atomic E-state index is 12.6. The van der Waals surface area contributed by atoms with Crippen molar-refractivity contribution in [2.75, 3.05) is 13.7 Å². The third-order valence-electron chi connectivity index (χ3n) is 4.39. The molecule has 0 aliphatic heterocycles. The first-order valence-electron chi connectivity index (χ1n) is 8.63. The maximum absolute atomic E-state index is 12.6. The number of carbonyl (C=O) groups is 2. The van der Waals surface area contributed by atoms with Gasteiger partial charge in [0.15, 0.2) is 6.29 Å². The molecule has 0 aliphatic carbocycles. The summed E-state index contributed by atoms with van der Waals surface area (Å²) in [6, 6.07) is 24.5. The van der Waals surface area contributed by atoms with E-state index in [9.17, 15) is 9.59 Å². The molecule has 4 heteroatoms. The van der Waals surface area contributed by atoms with Gasteiger partial charge in [0.1, 0.15) is 12.4 Å². The fraction of sp³-hybridized carbons (Fsp3) is 0.130. The van der Waals surface area contributed by atoms with Crippen LogP contribution in [0.15, 0.2) is 78.9 Å². The van der Waals surface area contributed by atoms with Gasteiger partial charge in [0.2, 0.25) is 0 Å². The van der Waals surface area contributed by atoms with E-state index in [1.165, 1.54) is 13.2 Å². The van der Waals surface area contributed by atoms with Gasteiger partial charge in [-0.25, -0.2) is 4.79 Å². The Morgan fingerprint density at radius 3 is 2.04 bits per heavy atom. The molecule has 4 nitrogen and oxygen atoms in total. The Kier molecular flexibility index (Phi) is 6.00. The smallest absolute Gasteiger partial charge is 0.339 e. The number of methoxy groups -OCH3 is 1. The SMILES string of the molecule is COc1ccc(C=O)c(C(=O)OCC(c2ccccc2)c2ccccc2)c1. The second-order valence-corrected chi connectivity index (χ2v) is 6.04. The molecule has 0 bridgehead atoms. The summed E-state index contributed by atoms with van der Waals surface area (Å²) in [5, 5.41) is 0. The van der Waals surface area contributed by atoms with Crippen molar-refractivity contribution < 1.29 is 19.1 Å². The summed E-state index contributed by atoms with van der Waals surface area (Å²) in [7, 11) is 1.51. The number of hydrogen-bond donors (Lipinski definition) is 0. The average Bonchev–Trinajstić information content (AvgIpc) is 2.74. The number of benzene rings is 3. The zero-order chi connectivity index (χ0) is 19.1. The van der Waals surface area contributed by atoms with Gasteiger partial charge in [-0.2, -0.15) is 0 Å². The molecule has 0 saturated carbocycles. The summed E-state index contributed by atoms with van der Waals surface area (Å²) in [5.41, 5.74) is 2.58. The molecule has 0 unspecified atom stereocenters. The lowest BCUT2D eigenvalue weighted by Gasteiger charge is -2.18. The first-order valence-corrected chi connectivity index (χ1v) is 8.63. The van der Waals surface area contributed by atoms with E-state index < -0.39 is 5.97 Å². The Labute approximate surface area is 158 Å². The van der Waals surface area contributed by atoms with Crippen molar-refractivity contribution in [1.82, 2.24) is 0 Å². The minimum atomic E-state index is -0.548. The molecule has 3 aromatic carbocycles. The van der Waals surface area contributed by atoms with E-state index in [-0.39, 0.29) is 23.7 Å². The molecule has 3 aromatic rings. The lowest BCUT2D eigenvalue weighted by atomic mass is 9.92. The molecule has 0 aliphatic rings. The average molecular weight is 360 g/mol. The molecule has 0 saturated heterocycles. The highest BCUT2D eigenvalue weighted by Crippen LogP contribution is 2.26. The number of carbonyl (C=O) groups excluding carboxylic acids is 2. The molecule has 0 heterocycles. The van der Waals surface area contributed by atoms with E-state index in [0.29, 0.717) is 12.0 Å². The van der Waals surface area contributed by atoms with E-state index in [2.05, 4.69) is 0 Å². The zero-order valence-electron chi connectivity index (χ0n) is 15.0. The summed E-state index contributed by atoms with van der Waals surface area (Å²) in [6.07, 6.45) is 0.641. The summed E-state index contributed by atoms with van der Waals surface area (Å²) < 4.78 is 10.7. The maximum Gasteiger partial charge on any atom is 0.339 e. The Bertz CT molecular complexity index is 865. The Hall–Kier alpha value is -3.40. The number of esters is 1. The summed E-state index contributed by atoms with van der Waals surface area (Å²) in [6.45, 7) is 0.169. The number of ether oxygens (including phenoxy) is 2. The third-order valence-corrected chi connectivity index (χ3v) is 4.39. The molecule has 0 radical (unpaired) electrons. The van der Waals surface area contributed by atoms with Gasteiger partial charge >= 0.3 is 5.97 Å². The Morgan fingerprint density at radius 2 is 1.52 bits per heavy atom. The van der Waals surface area contributed by atoms with Crippen LogP contribution in [0.2, 0.25) is 0 Å². The lowest BCUT2D eigenvalue weighted by Crippen LogP contribution is -2.15. The normalized spacial score (nSPS) is 10.4. The van der Waals surface area contributed by atoms with Crippen LogP contribution in [0.4, 0.5) is 0 Å². The second kappa shape index (κ2) is 8.81. The van der Waals surface area contributed by atoms with E-state index in [1.807, 2.05) is 60.7 Å². The van der Waals surface area contributed by atoms with Gasteiger partial charge in [0.25, 0.3) is 0 Å². The first kappa shape index (κ1) is 18.4. The Balaban J connectivity index is 1.84. The quantitative estimate of drug-likeness (QED) is 0.460. The van der Waals surface area contributed by atoms with Crippen LogP contribution in [0.1, 0.15) is 37.8 Å². The van der Waals surface area contributed by atoms with Crippen molar-refractivity contribution in [3.8, 4) is 5.75 Å². The van der Waals surface area contributed by atoms with E-state index >= 15 is 0 Å². The molecular weight excluding hydrogens is 340 g/mol. The first-order chi connectivity index (χ1) is 13.2. The lowest BCUT2D eigenvalue weighted by molar-refractivity contribution is 0.0490. The summed E-state index contributed by atoms with van der Waals surface area (Å²) in [4.78, 5) is 23.9. The van der Waals surface area contributed by atoms with E-state index in [0.717, 1.165) is 11.1 Å². The number of rotatable bonds is 7. The van der Waals surface area contributed by atoms with Crippen LogP contribution in [0.5, 0.6) is 5.75 Å². The number of aldehydes is 1. The van der Waals surface area contributed by atoms with Crippen molar-refractivity contribution in [2.24, 2.45) is 0 Å². The molecule has 0 amide bonds. The van der Waals surface area contributed by atoms with Crippen LogP contribution in [-0.2, 0) is 4.74 Å². The molecule has 0 N–H and O–H groups in total. The topological polar surface area (TPSA) is 52.6 Å². The van der Waals surface area contributed by atoms with Gasteiger partial charge in [-0.3, -0.25) is 4.79 Å². The van der Waals surface area contributed by atoms with Crippen molar-refractivity contribution in [3.63, 3.8) is 0 Å². The summed E-state index contributed by atoms with van der Waals surface area (Å²) >= 11 is 0. The second-order valence-electron chi connectivity index (χ2n) is 6.04. The zero-order valence-corrected chi connectivity index (χ0v) is 15.0. The van der Waals surface area contributed by atoms with Crippen LogP contribution < -0.4 is 4.74 Å². The van der Waals surface area contributed by atoms with Gasteiger partial charge in [-0.05, 0) is 29.3 Å². The highest BCUT2D eigenvalue weighted by molar-refractivity contribution is 5.98. The third kappa shape index (κ3) is 4.42. The highest BCUT2D eigenvalue weighted by Gasteiger charge is 2.19. The fourth-order valence-corrected chi connectivity index (χ4v) is 2.93. The van der Waals surface area contributed by atoms with Gasteiger partial charge < -0.3 is 9.47 Å². The van der Waals surface area contributed by atoms with Crippen molar-refractivity contribution in [1.29, 1.82) is 0 Å². The van der Waals surface area contributed by atoms with E-state index in [1.54, 1.807) is 12.1 Å². The van der Waals surface area contributed by atoms with Gasteiger partial charge in [-0.15, -0.1) is 0 Å². The van der Waals surface area contributed by atoms with Gasteiger partial charge in [0, 0.05) is 11.5 Å². The molecule has 136 valence electrons. The van der Waals surface area contributed by atoms with Crippen molar-refractivity contribution in [2.45, 2.75) is 5.92 Å². The molecule has 0 aromatic heterocycles. The largest absolute Gasteiger partial charge is 0.497 e. The van der Waals surface area contributed by atoms with E-state index in [4.69, 9.17) is 9.47 Å². The van der Waals surface area contributed by atoms with Crippen molar-refractivity contribution in [3.05, 3.63) is 101 Å². The van der Waals surface area contributed by atoms with Gasteiger partial charge in [0.05, 0.1) is 12.7 Å². The minimum Gasteiger partial charge on any atom is -0.497 e. The molecule has 3 rings (SSSR count). The molecule has 0 fully saturated rings. The monoisotopic (exact) mass is 360 g/mol. The fourth-order valence-electron chi connectivity index (χ4n) is 2.93. The molecule has 0 atom stereocenters. The standard InChI is InChI=1S/C23H20O4/c1-26-20-13-12-19(15-24)21(14-20)23(25)27-16-22(17-8-4-2-5-9-17)18-10-6-3-7-11-18/h2-15,22H,16H2,1H3. The van der Waals surface area contributed by atoms with Crippen LogP contribution in [0.3, 0.4) is 0 Å². The van der Waals surface area contributed by atoms with Crippen molar-refractivity contribution >= 4 is 12.3 Å². The number of hydrogen-bond acceptors (Lipinski definition) is 4. The predicted octanol–water partition coefficient (Wildman–Crippen LogP) is 4.50. The predicted molar refractivity (Wildman–Crippen MR) is 103 cm³/mol. The highest BCUT2D eigenvalue weighted by atomic mass is 16.5. The molecule has 27 heavy (non-hydrogen) atoms. The Morgan fingerprint density at radius 1 is 0.926 bits per heavy atom. The minimum absolute atomic E-state index is 0.0957. The summed E-state index contributed by atoms with van der Waals surface area (Å²) in [5.74, 6) is -0.148. The molecular formula is C23H20O4. The van der Waals surface area contributed by atoms with Crippen LogP contribution in [0, 0.1) is 0 Å². The molecule has 0 spiro atoms. The van der Waals surface area contributed by atoms with Crippen LogP contribution >= 0.6 is 0 Å².